The van der Waals surface area contributed by atoms with Crippen LogP contribution in [-0.2, 0) is 25.5 Å². The lowest BCUT2D eigenvalue weighted by molar-refractivity contribution is -0.146. The van der Waals surface area contributed by atoms with Crippen molar-refractivity contribution in [3.8, 4) is 28.1 Å². The average Bonchev–Trinajstić information content (AvgIpc) is 3.79. The fourth-order valence-corrected chi connectivity index (χ4v) is 5.26. The lowest BCUT2D eigenvalue weighted by Crippen LogP contribution is -2.23. The SMILES string of the molecule is COC(=O)COCC(=O)Nc1ccc(-c2cnc([C@@H]3CCc4cc(-c5cc(Cl)ccc5-n5cnnn5)cc(=O)n43)[nH]2)cc1. The third-order valence-electron chi connectivity index (χ3n) is 7.07. The molecule has 218 valence electrons. The van der Waals surface area contributed by atoms with Crippen LogP contribution in [0.4, 0.5) is 5.69 Å². The zero-order valence-corrected chi connectivity index (χ0v) is 23.6. The largest absolute Gasteiger partial charge is 0.467 e. The number of benzene rings is 2. The highest BCUT2D eigenvalue weighted by molar-refractivity contribution is 6.31. The monoisotopic (exact) mass is 600 g/mol. The van der Waals surface area contributed by atoms with E-state index < -0.39 is 11.9 Å². The number of halogens is 1. The summed E-state index contributed by atoms with van der Waals surface area (Å²) in [6.45, 7) is -0.571. The quantitative estimate of drug-likeness (QED) is 0.242. The number of methoxy groups -OCH3 is 1. The van der Waals surface area contributed by atoms with Gasteiger partial charge in [-0.3, -0.25) is 9.59 Å². The number of H-pyrrole nitrogens is 1. The maximum absolute atomic E-state index is 13.5. The van der Waals surface area contributed by atoms with Gasteiger partial charge in [-0.2, -0.15) is 4.68 Å². The number of fused-ring (bicyclic) bond motifs is 1. The molecule has 43 heavy (non-hydrogen) atoms. The van der Waals surface area contributed by atoms with Gasteiger partial charge in [0.15, 0.2) is 0 Å². The first-order valence-corrected chi connectivity index (χ1v) is 13.7. The molecule has 0 saturated heterocycles. The van der Waals surface area contributed by atoms with Gasteiger partial charge in [0.25, 0.3) is 5.56 Å². The van der Waals surface area contributed by atoms with Gasteiger partial charge in [-0.15, -0.1) is 5.10 Å². The number of imidazole rings is 1. The fraction of sp³-hybridized carbons (Fsp3) is 0.207. The highest BCUT2D eigenvalue weighted by atomic mass is 35.5. The van der Waals surface area contributed by atoms with Gasteiger partial charge >= 0.3 is 5.97 Å². The van der Waals surface area contributed by atoms with Gasteiger partial charge in [0.05, 0.1) is 30.7 Å². The molecule has 6 rings (SSSR count). The molecule has 0 unspecified atom stereocenters. The highest BCUT2D eigenvalue weighted by Crippen LogP contribution is 2.34. The molecule has 0 spiro atoms. The van der Waals surface area contributed by atoms with Gasteiger partial charge in [-0.25, -0.2) is 9.78 Å². The first-order valence-electron chi connectivity index (χ1n) is 13.3. The molecule has 5 aromatic rings. The third-order valence-corrected chi connectivity index (χ3v) is 7.31. The smallest absolute Gasteiger partial charge is 0.331 e. The third kappa shape index (κ3) is 5.94. The lowest BCUT2D eigenvalue weighted by Gasteiger charge is -2.15. The van der Waals surface area contributed by atoms with Crippen LogP contribution >= 0.6 is 11.6 Å². The highest BCUT2D eigenvalue weighted by Gasteiger charge is 2.28. The number of aromatic amines is 1. The Balaban J connectivity index is 1.18. The minimum atomic E-state index is -0.555. The summed E-state index contributed by atoms with van der Waals surface area (Å²) < 4.78 is 12.8. The van der Waals surface area contributed by atoms with E-state index in [1.807, 2.05) is 24.3 Å². The molecule has 3 aromatic heterocycles. The van der Waals surface area contributed by atoms with E-state index >= 15 is 0 Å². The molecule has 13 nitrogen and oxygen atoms in total. The number of anilines is 1. The summed E-state index contributed by atoms with van der Waals surface area (Å²) in [6, 6.07) is 15.9. The number of carbonyl (C=O) groups is 2. The number of rotatable bonds is 9. The van der Waals surface area contributed by atoms with E-state index in [0.717, 1.165) is 28.1 Å². The van der Waals surface area contributed by atoms with E-state index in [-0.39, 0.29) is 24.8 Å². The summed E-state index contributed by atoms with van der Waals surface area (Å²) in [6.07, 6.45) is 4.63. The number of aryl methyl sites for hydroxylation is 1. The fourth-order valence-electron chi connectivity index (χ4n) is 5.09. The second-order valence-electron chi connectivity index (χ2n) is 9.79. The topological polar surface area (TPSA) is 159 Å². The van der Waals surface area contributed by atoms with Crippen molar-refractivity contribution in [3.63, 3.8) is 0 Å². The van der Waals surface area contributed by atoms with Crippen molar-refractivity contribution in [1.29, 1.82) is 0 Å². The molecule has 4 heterocycles. The lowest BCUT2D eigenvalue weighted by atomic mass is 10.0. The van der Waals surface area contributed by atoms with Crippen molar-refractivity contribution in [2.24, 2.45) is 0 Å². The van der Waals surface area contributed by atoms with Gasteiger partial charge in [0.2, 0.25) is 5.91 Å². The van der Waals surface area contributed by atoms with E-state index in [1.54, 1.807) is 41.1 Å². The summed E-state index contributed by atoms with van der Waals surface area (Å²) in [5.74, 6) is -0.267. The Morgan fingerprint density at radius 1 is 1.09 bits per heavy atom. The van der Waals surface area contributed by atoms with Crippen molar-refractivity contribution in [2.45, 2.75) is 18.9 Å². The Morgan fingerprint density at radius 2 is 1.93 bits per heavy atom. The molecule has 0 fully saturated rings. The number of hydrogen-bond acceptors (Lipinski definition) is 9. The van der Waals surface area contributed by atoms with Crippen LogP contribution in [0.25, 0.3) is 28.1 Å². The van der Waals surface area contributed by atoms with E-state index in [4.69, 9.17) is 16.3 Å². The molecule has 0 bridgehead atoms. The van der Waals surface area contributed by atoms with E-state index in [9.17, 15) is 14.4 Å². The zero-order chi connectivity index (χ0) is 29.9. The van der Waals surface area contributed by atoms with Crippen molar-refractivity contribution in [1.82, 2.24) is 34.7 Å². The van der Waals surface area contributed by atoms with Crippen LogP contribution in [0.1, 0.15) is 24.0 Å². The van der Waals surface area contributed by atoms with Crippen LogP contribution in [0.5, 0.6) is 0 Å². The summed E-state index contributed by atoms with van der Waals surface area (Å²) in [7, 11) is 1.25. The first-order chi connectivity index (χ1) is 20.9. The van der Waals surface area contributed by atoms with Crippen LogP contribution in [0.15, 0.2) is 71.9 Å². The van der Waals surface area contributed by atoms with Crippen molar-refractivity contribution in [3.05, 3.63) is 94.0 Å². The second-order valence-corrected chi connectivity index (χ2v) is 10.2. The summed E-state index contributed by atoms with van der Waals surface area (Å²) in [5, 5.41) is 14.7. The molecule has 1 amide bonds. The Bertz CT molecular complexity index is 1850. The number of hydrogen-bond donors (Lipinski definition) is 2. The minimum absolute atomic E-state index is 0.147. The van der Waals surface area contributed by atoms with E-state index in [1.165, 1.54) is 18.1 Å². The summed E-state index contributed by atoms with van der Waals surface area (Å²) in [4.78, 5) is 44.6. The number of carbonyl (C=O) groups excluding carboxylic acids is 2. The van der Waals surface area contributed by atoms with Crippen LogP contribution in [0.3, 0.4) is 0 Å². The van der Waals surface area contributed by atoms with Crippen LogP contribution in [0.2, 0.25) is 5.02 Å². The van der Waals surface area contributed by atoms with Crippen LogP contribution < -0.4 is 10.9 Å². The molecule has 1 aliphatic rings. The van der Waals surface area contributed by atoms with E-state index in [0.29, 0.717) is 35.1 Å². The molecular formula is C29H25ClN8O5. The van der Waals surface area contributed by atoms with Crippen molar-refractivity contribution in [2.75, 3.05) is 25.6 Å². The molecule has 1 aliphatic heterocycles. The molecule has 2 aromatic carbocycles. The second kappa shape index (κ2) is 12.0. The minimum Gasteiger partial charge on any atom is -0.467 e. The normalized spacial score (nSPS) is 14.0. The number of tetrazole rings is 1. The van der Waals surface area contributed by atoms with Gasteiger partial charge in [0.1, 0.15) is 25.4 Å². The predicted molar refractivity (Wildman–Crippen MR) is 156 cm³/mol. The van der Waals surface area contributed by atoms with Crippen molar-refractivity contribution >= 4 is 29.2 Å². The van der Waals surface area contributed by atoms with Crippen LogP contribution in [-0.4, -0.2) is 66.9 Å². The Labute approximate surface area is 249 Å². The Hall–Kier alpha value is -5.14. The summed E-state index contributed by atoms with van der Waals surface area (Å²) >= 11 is 6.31. The Kier molecular flexibility index (Phi) is 7.81. The predicted octanol–water partition coefficient (Wildman–Crippen LogP) is 3.20. The molecule has 0 aliphatic carbocycles. The van der Waals surface area contributed by atoms with Crippen molar-refractivity contribution < 1.29 is 19.1 Å². The van der Waals surface area contributed by atoms with E-state index in [2.05, 4.69) is 35.5 Å². The number of nitrogens with zero attached hydrogens (tertiary/aromatic N) is 6. The average molecular weight is 601 g/mol. The van der Waals surface area contributed by atoms with Gasteiger partial charge in [-0.05, 0) is 70.8 Å². The number of nitrogens with one attached hydrogen (secondary N) is 2. The molecule has 2 N–H and O–H groups in total. The maximum atomic E-state index is 13.5. The van der Waals surface area contributed by atoms with Gasteiger partial charge in [-0.1, -0.05) is 23.7 Å². The number of ether oxygens (including phenoxy) is 2. The zero-order valence-electron chi connectivity index (χ0n) is 22.9. The number of aromatic nitrogens is 7. The number of esters is 1. The number of amides is 1. The standard InChI is InChI=1S/C29H25ClN8O5/c1-42-28(41)15-43-14-26(39)33-20-5-2-17(3-6-20)23-13-31-29(34-23)25-9-7-21-10-18(11-27(40)38(21)25)22-12-19(30)4-8-24(22)37-16-32-35-36-37/h2-6,8,10-13,16,25H,7,9,14-15H2,1H3,(H,31,34)(H,33,39)/t25-/m0/s1. The number of pyridine rings is 1. The molecule has 1 atom stereocenters. The Morgan fingerprint density at radius 3 is 2.70 bits per heavy atom. The molecule has 14 heteroatoms. The maximum Gasteiger partial charge on any atom is 0.331 e. The van der Waals surface area contributed by atoms with Crippen LogP contribution in [0, 0.1) is 0 Å². The first kappa shape index (κ1) is 28.0. The van der Waals surface area contributed by atoms with Gasteiger partial charge < -0.3 is 24.3 Å². The molecule has 0 saturated carbocycles. The summed E-state index contributed by atoms with van der Waals surface area (Å²) in [5.41, 5.74) is 5.14. The van der Waals surface area contributed by atoms with Gasteiger partial charge in [0, 0.05) is 28.0 Å². The molecular weight excluding hydrogens is 576 g/mol. The molecule has 0 radical (unpaired) electrons.